The van der Waals surface area contributed by atoms with Crippen LogP contribution in [0.4, 0.5) is 0 Å². The Hall–Kier alpha value is -2.49. The fourth-order valence-corrected chi connectivity index (χ4v) is 2.37. The Balaban J connectivity index is 1.84. The van der Waals surface area contributed by atoms with Crippen molar-refractivity contribution in [2.75, 3.05) is 0 Å². The number of hydrogen-bond acceptors (Lipinski definition) is 3. The van der Waals surface area contributed by atoms with Crippen LogP contribution in [-0.4, -0.2) is 16.7 Å². The molecule has 0 atom stereocenters. The first kappa shape index (κ1) is 16.9. The highest BCUT2D eigenvalue weighted by Gasteiger charge is 2.12. The average molecular weight is 310 g/mol. The summed E-state index contributed by atoms with van der Waals surface area (Å²) in [6.45, 7) is 6.17. The number of rotatable bonds is 6. The number of hydrogen-bond donors (Lipinski definition) is 1. The molecule has 0 fully saturated rings. The third kappa shape index (κ3) is 5.02. The van der Waals surface area contributed by atoms with Crippen LogP contribution in [0.15, 0.2) is 36.4 Å². The fraction of sp³-hybridized carbons (Fsp3) is 0.316. The lowest BCUT2D eigenvalue weighted by Crippen LogP contribution is -2.24. The van der Waals surface area contributed by atoms with Crippen molar-refractivity contribution in [3.8, 4) is 0 Å². The van der Waals surface area contributed by atoms with Crippen LogP contribution in [0.2, 0.25) is 0 Å². The number of Topliss-reactive ketones (excluding diaryl/α,β-unsaturated/α-hetero) is 1. The number of amides is 1. The van der Waals surface area contributed by atoms with E-state index in [1.807, 2.05) is 57.2 Å². The molecule has 0 saturated heterocycles. The molecular formula is C19H22N2O2. The largest absolute Gasteiger partial charge is 0.350 e. The van der Waals surface area contributed by atoms with E-state index in [9.17, 15) is 9.59 Å². The number of carbonyl (C=O) groups is 2. The van der Waals surface area contributed by atoms with Crippen LogP contribution in [-0.2, 0) is 11.3 Å². The molecule has 4 heteroatoms. The van der Waals surface area contributed by atoms with Crippen molar-refractivity contribution in [3.63, 3.8) is 0 Å². The second kappa shape index (κ2) is 7.68. The quantitative estimate of drug-likeness (QED) is 0.833. The molecule has 1 heterocycles. The Bertz CT molecular complexity index is 723. The lowest BCUT2D eigenvalue weighted by molar-refractivity contribution is -0.121. The first-order valence-corrected chi connectivity index (χ1v) is 7.75. The van der Waals surface area contributed by atoms with Crippen LogP contribution in [0.5, 0.6) is 0 Å². The van der Waals surface area contributed by atoms with Gasteiger partial charge in [0, 0.05) is 24.1 Å². The Labute approximate surface area is 137 Å². The maximum Gasteiger partial charge on any atom is 0.220 e. The number of benzene rings is 1. The lowest BCUT2D eigenvalue weighted by Gasteiger charge is -2.07. The molecule has 1 aromatic carbocycles. The highest BCUT2D eigenvalue weighted by Crippen LogP contribution is 2.13. The highest BCUT2D eigenvalue weighted by atomic mass is 16.2. The number of nitrogens with zero attached hydrogens (tertiary/aromatic N) is 1. The number of aromatic nitrogens is 1. The summed E-state index contributed by atoms with van der Waals surface area (Å²) in [4.78, 5) is 28.5. The molecule has 4 nitrogen and oxygen atoms in total. The average Bonchev–Trinajstić information content (AvgIpc) is 2.53. The van der Waals surface area contributed by atoms with Gasteiger partial charge in [-0.3, -0.25) is 14.6 Å². The van der Waals surface area contributed by atoms with E-state index in [1.165, 1.54) is 0 Å². The van der Waals surface area contributed by atoms with Crippen LogP contribution in [0.25, 0.3) is 0 Å². The summed E-state index contributed by atoms with van der Waals surface area (Å²) in [6.07, 6.45) is 0.412. The Morgan fingerprint density at radius 1 is 1.04 bits per heavy atom. The van der Waals surface area contributed by atoms with Gasteiger partial charge < -0.3 is 5.32 Å². The maximum absolute atomic E-state index is 12.2. The molecule has 0 unspecified atom stereocenters. The van der Waals surface area contributed by atoms with E-state index in [0.717, 1.165) is 22.5 Å². The molecule has 0 spiro atoms. The molecule has 0 radical (unpaired) electrons. The van der Waals surface area contributed by atoms with Crippen molar-refractivity contribution >= 4 is 11.7 Å². The summed E-state index contributed by atoms with van der Waals surface area (Å²) >= 11 is 0. The minimum absolute atomic E-state index is 0.00929. The third-order valence-electron chi connectivity index (χ3n) is 3.69. The van der Waals surface area contributed by atoms with Gasteiger partial charge in [0.25, 0.3) is 0 Å². The van der Waals surface area contributed by atoms with E-state index in [0.29, 0.717) is 12.1 Å². The van der Waals surface area contributed by atoms with Crippen molar-refractivity contribution in [1.82, 2.24) is 10.3 Å². The summed E-state index contributed by atoms with van der Waals surface area (Å²) in [5.41, 5.74) is 4.44. The molecule has 1 amide bonds. The minimum atomic E-state index is -0.132. The molecule has 0 saturated carbocycles. The Morgan fingerprint density at radius 3 is 2.57 bits per heavy atom. The van der Waals surface area contributed by atoms with E-state index in [1.54, 1.807) is 0 Å². The summed E-state index contributed by atoms with van der Waals surface area (Å²) in [5.74, 6) is -0.123. The van der Waals surface area contributed by atoms with E-state index < -0.39 is 0 Å². The predicted molar refractivity (Wildman–Crippen MR) is 90.3 cm³/mol. The molecule has 1 aromatic heterocycles. The molecular weight excluding hydrogens is 288 g/mol. The standard InChI is InChI=1S/C19H22N2O2/c1-13-7-8-14(2)17(11-13)18(22)9-10-19(23)20-12-16-6-4-5-15(3)21-16/h4-8,11H,9-10,12H2,1-3H3,(H,20,23). The Morgan fingerprint density at radius 2 is 1.83 bits per heavy atom. The normalized spacial score (nSPS) is 10.4. The summed E-state index contributed by atoms with van der Waals surface area (Å²) < 4.78 is 0. The molecule has 2 rings (SSSR count). The first-order valence-electron chi connectivity index (χ1n) is 7.75. The van der Waals surface area contributed by atoms with Crippen molar-refractivity contribution in [2.24, 2.45) is 0 Å². The van der Waals surface area contributed by atoms with Crippen molar-refractivity contribution in [3.05, 3.63) is 64.5 Å². The summed E-state index contributed by atoms with van der Waals surface area (Å²) in [6, 6.07) is 11.5. The minimum Gasteiger partial charge on any atom is -0.350 e. The van der Waals surface area contributed by atoms with Crippen LogP contribution in [0.3, 0.4) is 0 Å². The van der Waals surface area contributed by atoms with Crippen molar-refractivity contribution in [1.29, 1.82) is 0 Å². The van der Waals surface area contributed by atoms with Gasteiger partial charge in [-0.15, -0.1) is 0 Å². The van der Waals surface area contributed by atoms with E-state index in [2.05, 4.69) is 10.3 Å². The van der Waals surface area contributed by atoms with Gasteiger partial charge in [0.2, 0.25) is 5.91 Å². The van der Waals surface area contributed by atoms with Gasteiger partial charge in [-0.05, 0) is 44.5 Å². The van der Waals surface area contributed by atoms with Gasteiger partial charge in [-0.25, -0.2) is 0 Å². The van der Waals surface area contributed by atoms with Crippen LogP contribution >= 0.6 is 0 Å². The van der Waals surface area contributed by atoms with Crippen LogP contribution in [0.1, 0.15) is 45.7 Å². The molecule has 0 aliphatic rings. The molecule has 120 valence electrons. The van der Waals surface area contributed by atoms with E-state index in [-0.39, 0.29) is 24.5 Å². The van der Waals surface area contributed by atoms with Gasteiger partial charge in [-0.2, -0.15) is 0 Å². The summed E-state index contributed by atoms with van der Waals surface area (Å²) in [5, 5.41) is 2.81. The van der Waals surface area contributed by atoms with Crippen LogP contribution in [0, 0.1) is 20.8 Å². The van der Waals surface area contributed by atoms with Gasteiger partial charge in [0.05, 0.1) is 12.2 Å². The first-order chi connectivity index (χ1) is 11.0. The summed E-state index contributed by atoms with van der Waals surface area (Å²) in [7, 11) is 0. The predicted octanol–water partition coefficient (Wildman–Crippen LogP) is 3.29. The molecule has 0 aliphatic heterocycles. The molecule has 0 aliphatic carbocycles. The van der Waals surface area contributed by atoms with Gasteiger partial charge in [0.15, 0.2) is 5.78 Å². The number of ketones is 1. The van der Waals surface area contributed by atoms with E-state index >= 15 is 0 Å². The second-order valence-corrected chi connectivity index (χ2v) is 5.79. The monoisotopic (exact) mass is 310 g/mol. The number of nitrogens with one attached hydrogen (secondary N) is 1. The zero-order valence-electron chi connectivity index (χ0n) is 13.8. The third-order valence-corrected chi connectivity index (χ3v) is 3.69. The van der Waals surface area contributed by atoms with Crippen molar-refractivity contribution in [2.45, 2.75) is 40.2 Å². The van der Waals surface area contributed by atoms with Gasteiger partial charge in [-0.1, -0.05) is 23.8 Å². The van der Waals surface area contributed by atoms with Crippen molar-refractivity contribution < 1.29 is 9.59 Å². The van der Waals surface area contributed by atoms with E-state index in [4.69, 9.17) is 0 Å². The molecule has 23 heavy (non-hydrogen) atoms. The zero-order chi connectivity index (χ0) is 16.8. The lowest BCUT2D eigenvalue weighted by atomic mass is 9.99. The van der Waals surface area contributed by atoms with Crippen LogP contribution < -0.4 is 5.32 Å². The maximum atomic E-state index is 12.2. The number of carbonyl (C=O) groups excluding carboxylic acids is 2. The zero-order valence-corrected chi connectivity index (χ0v) is 13.8. The molecule has 1 N–H and O–H groups in total. The molecule has 0 bridgehead atoms. The van der Waals surface area contributed by atoms with Gasteiger partial charge >= 0.3 is 0 Å². The smallest absolute Gasteiger partial charge is 0.220 e. The fourth-order valence-electron chi connectivity index (χ4n) is 2.37. The topological polar surface area (TPSA) is 59.1 Å². The number of aryl methyl sites for hydroxylation is 3. The molecule has 2 aromatic rings. The SMILES string of the molecule is Cc1ccc(C)c(C(=O)CCC(=O)NCc2cccc(C)n2)c1. The van der Waals surface area contributed by atoms with Gasteiger partial charge in [0.1, 0.15) is 0 Å². The number of pyridine rings is 1. The highest BCUT2D eigenvalue weighted by molar-refractivity contribution is 5.99. The second-order valence-electron chi connectivity index (χ2n) is 5.79. The Kier molecular flexibility index (Phi) is 5.63.